The zero-order valence-corrected chi connectivity index (χ0v) is 72.5. The highest BCUT2D eigenvalue weighted by atomic mass is 33.1. The number of hydrogen-bond donors (Lipinski definition) is 7. The van der Waals surface area contributed by atoms with Gasteiger partial charge in [-0.05, 0) is 141 Å². The number of imide groups is 1. The number of aliphatic hydroxyl groups excluding tert-OH is 1. The molecule has 0 radical (unpaired) electrons. The summed E-state index contributed by atoms with van der Waals surface area (Å²) in [7, 11) is 9.01. The number of nitrogens with one attached hydrogen (secondary N) is 5. The Bertz CT molecular complexity index is 3910. The molecule has 117 heavy (non-hydrogen) atoms. The van der Waals surface area contributed by atoms with Crippen LogP contribution in [-0.4, -0.2) is 221 Å². The quantitative estimate of drug-likeness (QED) is 0.0157. The number of fused-ring (bicyclic) bond motifs is 1. The molecule has 3 aliphatic rings. The van der Waals surface area contributed by atoms with Crippen LogP contribution < -0.4 is 37.1 Å². The van der Waals surface area contributed by atoms with E-state index in [4.69, 9.17) is 29.5 Å². The number of carbonyl (C=O) groups is 13. The zero-order chi connectivity index (χ0) is 86.5. The summed E-state index contributed by atoms with van der Waals surface area (Å²) in [4.78, 5) is 188. The number of ether oxygens (including phenoxy) is 4. The number of Topliss-reactive ketones (excluding diaryl/α,β-unsaturated/α-hetero) is 2. The molecule has 1 aliphatic carbocycles. The number of likely N-dealkylation sites (N-methyl/N-ethyl adjacent to an activating group) is 2. The molecule has 2 heterocycles. The number of rotatable bonds is 48. The summed E-state index contributed by atoms with van der Waals surface area (Å²) in [5, 5.41) is 25.5. The fourth-order valence-corrected chi connectivity index (χ4v) is 17.5. The van der Waals surface area contributed by atoms with Gasteiger partial charge in [-0.25, -0.2) is 14.4 Å². The molecule has 2 fully saturated rings. The number of aliphatic imine (C=N–C) groups is 1. The van der Waals surface area contributed by atoms with E-state index in [-0.39, 0.29) is 113 Å². The summed E-state index contributed by atoms with van der Waals surface area (Å²) in [5.41, 5.74) is 9.66. The molecule has 0 aromatic heterocycles. The second-order valence-corrected chi connectivity index (χ2v) is 35.5. The highest BCUT2D eigenvalue weighted by Gasteiger charge is 2.45. The zero-order valence-electron chi connectivity index (χ0n) is 70.9. The van der Waals surface area contributed by atoms with Crippen molar-refractivity contribution < 1.29 is 91.2 Å². The monoisotopic (exact) mass is 1670 g/mol. The minimum Gasteiger partial charge on any atom is -0.494 e. The lowest BCUT2D eigenvalue weighted by atomic mass is 9.85. The third-order valence-electron chi connectivity index (χ3n) is 21.6. The van der Waals surface area contributed by atoms with Crippen LogP contribution in [0.4, 0.5) is 15.3 Å². The number of aliphatic hydroxyl groups is 1. The van der Waals surface area contributed by atoms with Crippen molar-refractivity contribution in [3.63, 3.8) is 0 Å². The molecule has 2 saturated heterocycles. The molecule has 0 saturated carbocycles. The van der Waals surface area contributed by atoms with Gasteiger partial charge in [0.05, 0.1) is 56.4 Å². The molecule has 30 nitrogen and oxygen atoms in total. The average molecular weight is 1670 g/mol. The summed E-state index contributed by atoms with van der Waals surface area (Å²) in [5.74, 6) is -6.21. The predicted molar refractivity (Wildman–Crippen MR) is 447 cm³/mol. The Morgan fingerprint density at radius 1 is 0.744 bits per heavy atom. The van der Waals surface area contributed by atoms with Crippen LogP contribution in [0.2, 0.25) is 0 Å². The Morgan fingerprint density at radius 2 is 1.42 bits per heavy atom. The normalized spacial score (nSPS) is 17.3. The van der Waals surface area contributed by atoms with Crippen LogP contribution >= 0.6 is 21.6 Å². The number of nitrogens with two attached hydrogens (primary N) is 1. The van der Waals surface area contributed by atoms with Crippen molar-refractivity contribution in [1.82, 2.24) is 41.0 Å². The first kappa shape index (κ1) is 96.9. The molecule has 0 bridgehead atoms. The van der Waals surface area contributed by atoms with Gasteiger partial charge in [-0.1, -0.05) is 140 Å². The van der Waals surface area contributed by atoms with Crippen molar-refractivity contribution in [2.24, 2.45) is 46.2 Å². The Hall–Kier alpha value is -8.98. The van der Waals surface area contributed by atoms with Crippen molar-refractivity contribution >= 4 is 110 Å². The minimum absolute atomic E-state index is 0.00161. The molecule has 0 unspecified atom stereocenters. The number of aryl methyl sites for hydroxylation is 1. The van der Waals surface area contributed by atoms with Crippen LogP contribution in [0.5, 0.6) is 5.75 Å². The second kappa shape index (κ2) is 47.0. The van der Waals surface area contributed by atoms with Crippen LogP contribution in [0.15, 0.2) is 77.8 Å². The van der Waals surface area contributed by atoms with Gasteiger partial charge in [0.15, 0.2) is 5.78 Å². The van der Waals surface area contributed by atoms with E-state index in [1.165, 1.54) is 40.6 Å². The highest BCUT2D eigenvalue weighted by molar-refractivity contribution is 8.77. The molecule has 2 aliphatic heterocycles. The molecule has 12 atom stereocenters. The summed E-state index contributed by atoms with van der Waals surface area (Å²) < 4.78 is 23.2. The Balaban J connectivity index is 0.967. The number of anilines is 1. The molecule has 32 heteroatoms. The Labute approximate surface area is 696 Å². The topological polar surface area (TPSA) is 400 Å². The number of urea groups is 1. The van der Waals surface area contributed by atoms with Gasteiger partial charge < -0.3 is 71.0 Å². The maximum absolute atomic E-state index is 14.9. The first-order chi connectivity index (χ1) is 55.4. The third kappa shape index (κ3) is 29.2. The number of nitrogens with zero attached hydrogens (tertiary/aromatic N) is 5. The van der Waals surface area contributed by atoms with Crippen LogP contribution in [-0.2, 0) is 84.8 Å². The summed E-state index contributed by atoms with van der Waals surface area (Å²) in [6, 6.07) is 15.1. The number of amides is 11. The number of hydroxylamine groups is 2. The van der Waals surface area contributed by atoms with Gasteiger partial charge in [-0.3, -0.25) is 57.8 Å². The van der Waals surface area contributed by atoms with Crippen LogP contribution in [0.25, 0.3) is 0 Å². The standard InChI is InChI=1S/C85H125N11O19S2/c1-17-53(8)76(67(111-15)46-71(102)95-41-22-27-65(95)78(112-16)55(10)66(98)44-54(9)77(104)57-24-19-18-20-25-57)93(13)82(108)74(51(4)5)92-81(107)75(52(6)7)94(14)84(110)114-49-56-29-32-59(33-30-56)89-79(105)64(26-21-40-87-83(86)109)90-80(106)73(50(2)3)91-68(99)39-43-116-117-85(11,12)47-60(97)48-88-63-36-31-58-45-61(34-35-62(58)63)113-42-23-28-72(103)115-96-69(100)37-38-70(96)101/h18-20,24-25,29-30,32-35,45,50-55,64-65,67,73-78,104H,17,21-23,26-28,31,36-44,46-49H2,1-16H3,(H,89,105)(H,90,106)(H,91,99)(H,92,107)(H3,86,87,109)/t53-,54-,55-,64-,65-,67+,73-,74-,75-,76-,77+,78+/m0/s1. The number of primary amides is 1. The highest BCUT2D eigenvalue weighted by Crippen LogP contribution is 2.39. The van der Waals surface area contributed by atoms with E-state index in [0.29, 0.717) is 72.9 Å². The van der Waals surface area contributed by atoms with Gasteiger partial charge in [-0.15, -0.1) is 5.06 Å². The number of hydrogen-bond acceptors (Lipinski definition) is 22. The summed E-state index contributed by atoms with van der Waals surface area (Å²) >= 11 is 0. The first-order valence-electron chi connectivity index (χ1n) is 40.7. The Kier molecular flexibility index (Phi) is 38.9. The van der Waals surface area contributed by atoms with Crippen molar-refractivity contribution in [2.75, 3.05) is 65.6 Å². The SMILES string of the molecule is CC[C@H](C)[C@@H]([C@@H](CC(=O)N1CCC[C@H]1[C@H](OC)[C@@H](C)C(=O)C[C@H](C)[C@@H](O)c1ccccc1)OC)N(C)C(=O)[C@@H](NC(=O)[C@H](C(C)C)N(C)C(=O)OCc1ccc(NC(=O)[C@H](CCCNC(N)=O)NC(=O)[C@@H](NC(=O)CCSSC(C)(C)CC(=O)CN=C2CCc3cc(OCCCC(=O)ON4C(=O)CCC4=O)ccc32)C(C)C)cc1)C(C)C. The molecular formula is C85H125N11O19S2. The molecule has 3 aromatic rings. The van der Waals surface area contributed by atoms with E-state index >= 15 is 0 Å². The molecule has 3 aromatic carbocycles. The number of benzene rings is 3. The molecule has 6 rings (SSSR count). The number of methoxy groups -OCH3 is 2. The number of carbonyl (C=O) groups excluding carboxylic acids is 13. The number of likely N-dealkylation sites (tertiary alicyclic amines) is 1. The molecular weight excluding hydrogens is 1540 g/mol. The first-order valence-corrected chi connectivity index (χ1v) is 43.0. The third-order valence-corrected chi connectivity index (χ3v) is 24.9. The van der Waals surface area contributed by atoms with E-state index in [1.807, 2.05) is 77.1 Å². The summed E-state index contributed by atoms with van der Waals surface area (Å²) in [6.45, 7) is 22.6. The molecule has 11 amide bonds. The lowest BCUT2D eigenvalue weighted by Crippen LogP contribution is -2.60. The molecule has 8 N–H and O–H groups in total. The smallest absolute Gasteiger partial charge is 0.410 e. The van der Waals surface area contributed by atoms with E-state index in [9.17, 15) is 67.4 Å². The van der Waals surface area contributed by atoms with Crippen molar-refractivity contribution in [1.29, 1.82) is 0 Å². The fraction of sp³-hybridized carbons (Fsp3) is 0.624. The predicted octanol–water partition coefficient (Wildman–Crippen LogP) is 9.39. The second-order valence-electron chi connectivity index (χ2n) is 32.4. The van der Waals surface area contributed by atoms with Crippen LogP contribution in [0.1, 0.15) is 201 Å². The van der Waals surface area contributed by atoms with Crippen LogP contribution in [0.3, 0.4) is 0 Å². The van der Waals surface area contributed by atoms with Gasteiger partial charge in [0, 0.05) is 101 Å². The van der Waals surface area contributed by atoms with Gasteiger partial charge in [0.1, 0.15) is 42.3 Å². The largest absolute Gasteiger partial charge is 0.494 e. The van der Waals surface area contributed by atoms with Gasteiger partial charge in [-0.2, -0.15) is 0 Å². The number of ketones is 2. The fourth-order valence-electron chi connectivity index (χ4n) is 14.9. The molecule has 646 valence electrons. The van der Waals surface area contributed by atoms with Gasteiger partial charge in [0.25, 0.3) is 11.8 Å². The van der Waals surface area contributed by atoms with Crippen LogP contribution in [0, 0.1) is 35.5 Å². The summed E-state index contributed by atoms with van der Waals surface area (Å²) in [6.07, 6.45) is 1.14. The lowest BCUT2D eigenvalue weighted by Gasteiger charge is -2.41. The Morgan fingerprint density at radius 3 is 2.04 bits per heavy atom. The average Bonchev–Trinajstić information content (AvgIpc) is 1.80. The van der Waals surface area contributed by atoms with Crippen molar-refractivity contribution in [3.05, 3.63) is 95.1 Å². The lowest BCUT2D eigenvalue weighted by molar-refractivity contribution is -0.197. The van der Waals surface area contributed by atoms with Crippen molar-refractivity contribution in [3.8, 4) is 5.75 Å². The van der Waals surface area contributed by atoms with E-state index < -0.39 is 142 Å². The van der Waals surface area contributed by atoms with Crippen molar-refractivity contribution in [2.45, 2.75) is 245 Å². The van der Waals surface area contributed by atoms with E-state index in [1.54, 1.807) is 103 Å². The van der Waals surface area contributed by atoms with Gasteiger partial charge >= 0.3 is 18.1 Å². The van der Waals surface area contributed by atoms with E-state index in [2.05, 4.69) is 31.6 Å². The maximum atomic E-state index is 14.9. The van der Waals surface area contributed by atoms with Gasteiger partial charge in [0.2, 0.25) is 35.4 Å². The molecule has 0 spiro atoms. The van der Waals surface area contributed by atoms with E-state index in [0.717, 1.165) is 22.4 Å². The maximum Gasteiger partial charge on any atom is 0.410 e. The minimum atomic E-state index is -1.14.